The summed E-state index contributed by atoms with van der Waals surface area (Å²) in [6.07, 6.45) is 1.55. The number of carbonyl (C=O) groups is 1. The Bertz CT molecular complexity index is 462. The molecular weight excluding hydrogens is 318 g/mol. The largest absolute Gasteiger partial charge is 0.381 e. The molecule has 0 bridgehead atoms. The predicted molar refractivity (Wildman–Crippen MR) is 82.0 cm³/mol. The molecule has 1 saturated heterocycles. The summed E-state index contributed by atoms with van der Waals surface area (Å²) in [5, 5.41) is 2.94. The number of hydrogen-bond acceptors (Lipinski definition) is 3. The van der Waals surface area contributed by atoms with Crippen molar-refractivity contribution >= 4 is 29.9 Å². The van der Waals surface area contributed by atoms with Crippen LogP contribution in [0.15, 0.2) is 18.2 Å². The number of amides is 1. The van der Waals surface area contributed by atoms with Crippen LogP contribution in [0.25, 0.3) is 0 Å². The molecule has 1 aliphatic rings. The SMILES string of the molecule is Cl.NC(C(=O)NCc1c(F)cccc1Cl)C1CCOCC1. The van der Waals surface area contributed by atoms with Gasteiger partial charge in [0.2, 0.25) is 5.91 Å². The van der Waals surface area contributed by atoms with Gasteiger partial charge in [0.15, 0.2) is 0 Å². The molecule has 1 aromatic carbocycles. The van der Waals surface area contributed by atoms with Gasteiger partial charge in [-0.25, -0.2) is 4.39 Å². The van der Waals surface area contributed by atoms with E-state index in [9.17, 15) is 9.18 Å². The lowest BCUT2D eigenvalue weighted by Crippen LogP contribution is -2.46. The molecular formula is C14H19Cl2FN2O2. The van der Waals surface area contributed by atoms with E-state index in [1.807, 2.05) is 0 Å². The smallest absolute Gasteiger partial charge is 0.237 e. The molecule has 0 aliphatic carbocycles. The fourth-order valence-electron chi connectivity index (χ4n) is 2.28. The van der Waals surface area contributed by atoms with Gasteiger partial charge in [-0.15, -0.1) is 12.4 Å². The van der Waals surface area contributed by atoms with Crippen LogP contribution >= 0.6 is 24.0 Å². The molecule has 2 rings (SSSR count). The first-order valence-electron chi connectivity index (χ1n) is 6.63. The zero-order valence-corrected chi connectivity index (χ0v) is 13.1. The summed E-state index contributed by atoms with van der Waals surface area (Å²) in [5.74, 6) is -0.603. The lowest BCUT2D eigenvalue weighted by atomic mass is 9.92. The Kier molecular flexibility index (Phi) is 7.39. The van der Waals surface area contributed by atoms with Crippen molar-refractivity contribution in [1.82, 2.24) is 5.32 Å². The third-order valence-corrected chi connectivity index (χ3v) is 3.93. The number of halogens is 3. The van der Waals surface area contributed by atoms with E-state index in [1.54, 1.807) is 6.07 Å². The zero-order chi connectivity index (χ0) is 14.5. The van der Waals surface area contributed by atoms with Gasteiger partial charge in [0.25, 0.3) is 0 Å². The minimum Gasteiger partial charge on any atom is -0.381 e. The van der Waals surface area contributed by atoms with Gasteiger partial charge in [-0.05, 0) is 30.9 Å². The Balaban J connectivity index is 0.00000220. The second-order valence-electron chi connectivity index (χ2n) is 4.89. The quantitative estimate of drug-likeness (QED) is 0.886. The molecule has 1 heterocycles. The number of benzene rings is 1. The van der Waals surface area contributed by atoms with Crippen LogP contribution in [-0.4, -0.2) is 25.2 Å². The fraction of sp³-hybridized carbons (Fsp3) is 0.500. The molecule has 0 saturated carbocycles. The molecule has 0 aromatic heterocycles. The van der Waals surface area contributed by atoms with Crippen molar-refractivity contribution in [3.8, 4) is 0 Å². The van der Waals surface area contributed by atoms with Crippen LogP contribution in [0.5, 0.6) is 0 Å². The van der Waals surface area contributed by atoms with Crippen LogP contribution in [0.3, 0.4) is 0 Å². The van der Waals surface area contributed by atoms with Crippen molar-refractivity contribution < 1.29 is 13.9 Å². The van der Waals surface area contributed by atoms with E-state index in [0.717, 1.165) is 12.8 Å². The lowest BCUT2D eigenvalue weighted by molar-refractivity contribution is -0.124. The van der Waals surface area contributed by atoms with Gasteiger partial charge in [0, 0.05) is 30.3 Å². The summed E-state index contributed by atoms with van der Waals surface area (Å²) in [6.45, 7) is 1.30. The highest BCUT2D eigenvalue weighted by Crippen LogP contribution is 2.20. The second-order valence-corrected chi connectivity index (χ2v) is 5.30. The van der Waals surface area contributed by atoms with Gasteiger partial charge in [0.1, 0.15) is 5.82 Å². The number of nitrogens with two attached hydrogens (primary N) is 1. The van der Waals surface area contributed by atoms with Crippen LogP contribution in [-0.2, 0) is 16.1 Å². The number of ether oxygens (including phenoxy) is 1. The lowest BCUT2D eigenvalue weighted by Gasteiger charge is -2.26. The van der Waals surface area contributed by atoms with Crippen molar-refractivity contribution in [2.24, 2.45) is 11.7 Å². The van der Waals surface area contributed by atoms with Gasteiger partial charge in [-0.1, -0.05) is 17.7 Å². The molecule has 1 aromatic rings. The monoisotopic (exact) mass is 336 g/mol. The van der Waals surface area contributed by atoms with Crippen molar-refractivity contribution in [2.75, 3.05) is 13.2 Å². The Morgan fingerprint density at radius 2 is 2.14 bits per heavy atom. The molecule has 1 unspecified atom stereocenters. The molecule has 1 amide bonds. The molecule has 0 radical (unpaired) electrons. The average Bonchev–Trinajstić information content (AvgIpc) is 2.46. The van der Waals surface area contributed by atoms with E-state index in [1.165, 1.54) is 12.1 Å². The molecule has 1 atom stereocenters. The maximum absolute atomic E-state index is 13.6. The van der Waals surface area contributed by atoms with E-state index in [2.05, 4.69) is 5.32 Å². The number of rotatable bonds is 4. The van der Waals surface area contributed by atoms with E-state index in [-0.39, 0.29) is 36.3 Å². The summed E-state index contributed by atoms with van der Waals surface area (Å²) in [6, 6.07) is 3.83. The van der Waals surface area contributed by atoms with E-state index in [0.29, 0.717) is 18.2 Å². The Hall–Kier alpha value is -0.880. The van der Waals surface area contributed by atoms with E-state index >= 15 is 0 Å². The average molecular weight is 337 g/mol. The maximum Gasteiger partial charge on any atom is 0.237 e. The molecule has 1 fully saturated rings. The third kappa shape index (κ3) is 4.81. The summed E-state index contributed by atoms with van der Waals surface area (Å²) in [4.78, 5) is 12.0. The molecule has 21 heavy (non-hydrogen) atoms. The number of carbonyl (C=O) groups excluding carboxylic acids is 1. The highest BCUT2D eigenvalue weighted by atomic mass is 35.5. The summed E-state index contributed by atoms with van der Waals surface area (Å²) in [5.41, 5.74) is 6.22. The van der Waals surface area contributed by atoms with Crippen molar-refractivity contribution in [1.29, 1.82) is 0 Å². The number of hydrogen-bond donors (Lipinski definition) is 2. The minimum absolute atomic E-state index is 0. The Morgan fingerprint density at radius 1 is 1.48 bits per heavy atom. The van der Waals surface area contributed by atoms with Crippen LogP contribution < -0.4 is 11.1 Å². The molecule has 7 heteroatoms. The maximum atomic E-state index is 13.6. The number of nitrogens with one attached hydrogen (secondary N) is 1. The van der Waals surface area contributed by atoms with Crippen molar-refractivity contribution in [2.45, 2.75) is 25.4 Å². The van der Waals surface area contributed by atoms with Crippen LogP contribution in [0.2, 0.25) is 5.02 Å². The predicted octanol–water partition coefficient (Wildman–Crippen LogP) is 2.27. The highest BCUT2D eigenvalue weighted by molar-refractivity contribution is 6.31. The van der Waals surface area contributed by atoms with Crippen LogP contribution in [0.4, 0.5) is 4.39 Å². The molecule has 0 spiro atoms. The fourth-order valence-corrected chi connectivity index (χ4v) is 2.51. The van der Waals surface area contributed by atoms with Gasteiger partial charge < -0.3 is 15.8 Å². The van der Waals surface area contributed by atoms with E-state index < -0.39 is 11.9 Å². The standard InChI is InChI=1S/C14H18ClFN2O2.ClH/c15-11-2-1-3-12(16)10(11)8-18-14(19)13(17)9-4-6-20-7-5-9;/h1-3,9,13H,4-8,17H2,(H,18,19);1H. The Morgan fingerprint density at radius 3 is 2.76 bits per heavy atom. The van der Waals surface area contributed by atoms with Gasteiger partial charge >= 0.3 is 0 Å². The first-order chi connectivity index (χ1) is 9.59. The highest BCUT2D eigenvalue weighted by Gasteiger charge is 2.26. The second kappa shape index (κ2) is 8.54. The summed E-state index contributed by atoms with van der Waals surface area (Å²) < 4.78 is 18.8. The zero-order valence-electron chi connectivity index (χ0n) is 11.5. The molecule has 118 valence electrons. The van der Waals surface area contributed by atoms with Crippen LogP contribution in [0, 0.1) is 11.7 Å². The third-order valence-electron chi connectivity index (χ3n) is 3.58. The molecule has 4 nitrogen and oxygen atoms in total. The van der Waals surface area contributed by atoms with E-state index in [4.69, 9.17) is 22.1 Å². The molecule has 3 N–H and O–H groups in total. The normalized spacial score (nSPS) is 16.9. The van der Waals surface area contributed by atoms with Crippen molar-refractivity contribution in [3.05, 3.63) is 34.6 Å². The summed E-state index contributed by atoms with van der Waals surface area (Å²) >= 11 is 5.90. The van der Waals surface area contributed by atoms with Crippen LogP contribution in [0.1, 0.15) is 18.4 Å². The van der Waals surface area contributed by atoms with Gasteiger partial charge in [-0.3, -0.25) is 4.79 Å². The molecule has 1 aliphatic heterocycles. The summed E-state index contributed by atoms with van der Waals surface area (Å²) in [7, 11) is 0. The van der Waals surface area contributed by atoms with Crippen molar-refractivity contribution in [3.63, 3.8) is 0 Å². The van der Waals surface area contributed by atoms with Gasteiger partial charge in [0.05, 0.1) is 6.04 Å². The first kappa shape index (κ1) is 18.2. The topological polar surface area (TPSA) is 64.4 Å². The Labute approximate surface area is 134 Å². The minimum atomic E-state index is -0.593. The van der Waals surface area contributed by atoms with Gasteiger partial charge in [-0.2, -0.15) is 0 Å². The first-order valence-corrected chi connectivity index (χ1v) is 7.01.